The van der Waals surface area contributed by atoms with Crippen LogP contribution in [0.2, 0.25) is 0 Å². The Hall–Kier alpha value is -1.47. The molecular weight excluding hydrogens is 413 g/mol. The maximum Gasteiger partial charge on any atom is 0.512 e. The van der Waals surface area contributed by atoms with Crippen LogP contribution in [0, 0.1) is 5.41 Å². The Bertz CT molecular complexity index is 631. The van der Waals surface area contributed by atoms with Gasteiger partial charge < -0.3 is 14.8 Å². The summed E-state index contributed by atoms with van der Waals surface area (Å²) in [5, 5.41) is 9.96. The third-order valence-electron chi connectivity index (χ3n) is 2.60. The van der Waals surface area contributed by atoms with Gasteiger partial charge in [0.1, 0.15) is 11.5 Å². The van der Waals surface area contributed by atoms with Gasteiger partial charge in [-0.05, 0) is 24.3 Å². The molecule has 0 unspecified atom stereocenters. The summed E-state index contributed by atoms with van der Waals surface area (Å²) in [7, 11) is -3.60. The zero-order valence-electron chi connectivity index (χ0n) is 12.8. The minimum absolute atomic E-state index is 0. The van der Waals surface area contributed by atoms with E-state index in [1.165, 1.54) is 0 Å². The van der Waals surface area contributed by atoms with Crippen molar-refractivity contribution >= 4 is 41.7 Å². The Morgan fingerprint density at radius 3 is 1.92 bits per heavy atom. The summed E-state index contributed by atoms with van der Waals surface area (Å²) in [6.07, 6.45) is 0. The van der Waals surface area contributed by atoms with E-state index in [-0.39, 0.29) is 22.1 Å². The summed E-state index contributed by atoms with van der Waals surface area (Å²) in [6, 6.07) is 17.6. The summed E-state index contributed by atoms with van der Waals surface area (Å²) >= 11 is 1.15. The van der Waals surface area contributed by atoms with Crippen molar-refractivity contribution in [2.75, 3.05) is 12.3 Å². The number of hydrogen-bond acceptors (Lipinski definition) is 5. The fraction of sp³-hybridized carbons (Fsp3) is 0.133. The van der Waals surface area contributed by atoms with Crippen LogP contribution in [0.25, 0.3) is 0 Å². The highest BCUT2D eigenvalue weighted by Gasteiger charge is 2.27. The number of thioether (sulfide) groups is 1. The molecule has 2 rings (SSSR count). The fourth-order valence-corrected chi connectivity index (χ4v) is 3.59. The van der Waals surface area contributed by atoms with Crippen LogP contribution in [0.3, 0.4) is 0 Å². The molecule has 4 N–H and O–H groups in total. The molecule has 2 aromatic carbocycles. The zero-order chi connectivity index (χ0) is 16.5. The van der Waals surface area contributed by atoms with E-state index in [1.54, 1.807) is 48.5 Å². The lowest BCUT2D eigenvalue weighted by atomic mass is 10.3. The molecule has 6 nitrogen and oxygen atoms in total. The molecule has 0 amide bonds. The van der Waals surface area contributed by atoms with E-state index in [4.69, 9.17) is 20.2 Å². The van der Waals surface area contributed by atoms with Gasteiger partial charge in [0.15, 0.2) is 5.17 Å². The van der Waals surface area contributed by atoms with Crippen LogP contribution < -0.4 is 19.9 Å². The normalized spacial score (nSPS) is 10.5. The van der Waals surface area contributed by atoms with E-state index in [2.05, 4.69) is 5.09 Å². The van der Waals surface area contributed by atoms with Crippen molar-refractivity contribution in [3.8, 4) is 11.5 Å². The highest BCUT2D eigenvalue weighted by molar-refractivity contribution is 8.93. The summed E-state index contributed by atoms with van der Waals surface area (Å²) < 4.78 is 24.0. The fourth-order valence-electron chi connectivity index (χ4n) is 1.67. The van der Waals surface area contributed by atoms with Gasteiger partial charge >= 0.3 is 7.75 Å². The standard InChI is InChI=1S/C15H18N3O3PS.BrH/c16-15(17)23-12-11-18-22(19,20-13-7-3-1-4-8-13)21-14-9-5-2-6-10-14;/h1-10H,11-12H2,(H3,16,17)(H,18,19);1H. The van der Waals surface area contributed by atoms with E-state index in [0.29, 0.717) is 23.8 Å². The van der Waals surface area contributed by atoms with Crippen LogP contribution in [-0.2, 0) is 4.57 Å². The molecule has 0 aromatic heterocycles. The lowest BCUT2D eigenvalue weighted by Crippen LogP contribution is -2.22. The molecule has 9 heteroatoms. The maximum atomic E-state index is 12.9. The quantitative estimate of drug-likeness (QED) is 0.252. The Morgan fingerprint density at radius 2 is 1.50 bits per heavy atom. The number of nitrogens with one attached hydrogen (secondary N) is 2. The van der Waals surface area contributed by atoms with Gasteiger partial charge in [-0.3, -0.25) is 5.41 Å². The molecule has 0 aliphatic carbocycles. The van der Waals surface area contributed by atoms with E-state index in [1.807, 2.05) is 12.1 Å². The third kappa shape index (κ3) is 7.40. The lowest BCUT2D eigenvalue weighted by Gasteiger charge is -2.20. The first-order valence-electron chi connectivity index (χ1n) is 6.89. The van der Waals surface area contributed by atoms with Crippen molar-refractivity contribution in [1.82, 2.24) is 5.09 Å². The summed E-state index contributed by atoms with van der Waals surface area (Å²) in [5.74, 6) is 1.37. The highest BCUT2D eigenvalue weighted by Crippen LogP contribution is 2.44. The number of rotatable bonds is 8. The second kappa shape index (κ2) is 10.4. The summed E-state index contributed by atoms with van der Waals surface area (Å²) in [5.41, 5.74) is 5.28. The van der Waals surface area contributed by atoms with E-state index in [0.717, 1.165) is 11.8 Å². The molecule has 2 aromatic rings. The number of amidine groups is 1. The van der Waals surface area contributed by atoms with Gasteiger partial charge in [0, 0.05) is 12.3 Å². The van der Waals surface area contributed by atoms with Gasteiger partial charge in [0.25, 0.3) is 0 Å². The lowest BCUT2D eigenvalue weighted by molar-refractivity contribution is 0.372. The highest BCUT2D eigenvalue weighted by atomic mass is 79.9. The summed E-state index contributed by atoms with van der Waals surface area (Å²) in [4.78, 5) is 0. The third-order valence-corrected chi connectivity index (χ3v) is 4.84. The molecule has 0 spiro atoms. The minimum atomic E-state index is -3.60. The number of nitrogens with two attached hydrogens (primary N) is 1. The van der Waals surface area contributed by atoms with Gasteiger partial charge in [-0.2, -0.15) is 0 Å². The minimum Gasteiger partial charge on any atom is -0.405 e. The summed E-state index contributed by atoms with van der Waals surface area (Å²) in [6.45, 7) is 0.321. The van der Waals surface area contributed by atoms with E-state index < -0.39 is 7.75 Å². The molecule has 130 valence electrons. The second-order valence-corrected chi connectivity index (χ2v) is 7.24. The van der Waals surface area contributed by atoms with Gasteiger partial charge in [-0.1, -0.05) is 48.2 Å². The molecule has 0 aliphatic heterocycles. The van der Waals surface area contributed by atoms with Crippen LogP contribution >= 0.6 is 36.5 Å². The topological polar surface area (TPSA) is 97.4 Å². The first kappa shape index (κ1) is 20.6. The van der Waals surface area contributed by atoms with Crippen LogP contribution in [0.15, 0.2) is 60.7 Å². The molecule has 0 atom stereocenters. The average molecular weight is 432 g/mol. The smallest absolute Gasteiger partial charge is 0.405 e. The Morgan fingerprint density at radius 1 is 1.04 bits per heavy atom. The molecule has 0 aliphatic rings. The van der Waals surface area contributed by atoms with E-state index >= 15 is 0 Å². The Labute approximate surface area is 156 Å². The molecule has 0 bridgehead atoms. The molecule has 0 fully saturated rings. The maximum absolute atomic E-state index is 12.9. The van der Waals surface area contributed by atoms with Gasteiger partial charge in [-0.15, -0.1) is 17.0 Å². The van der Waals surface area contributed by atoms with Crippen molar-refractivity contribution in [3.63, 3.8) is 0 Å². The molecule has 0 saturated heterocycles. The molecule has 0 saturated carbocycles. The predicted molar refractivity (Wildman–Crippen MR) is 104 cm³/mol. The predicted octanol–water partition coefficient (Wildman–Crippen LogP) is 4.05. The molecule has 0 heterocycles. The first-order chi connectivity index (χ1) is 11.1. The van der Waals surface area contributed by atoms with Crippen molar-refractivity contribution in [3.05, 3.63) is 60.7 Å². The van der Waals surface area contributed by atoms with Gasteiger partial charge in [0.2, 0.25) is 0 Å². The molecule has 24 heavy (non-hydrogen) atoms. The number of para-hydroxylation sites is 2. The van der Waals surface area contributed by atoms with Crippen LogP contribution in [0.1, 0.15) is 0 Å². The van der Waals surface area contributed by atoms with Crippen LogP contribution in [0.4, 0.5) is 0 Å². The largest absolute Gasteiger partial charge is 0.512 e. The number of halogens is 1. The Kier molecular flexibility index (Phi) is 8.92. The second-order valence-electron chi connectivity index (χ2n) is 4.43. The van der Waals surface area contributed by atoms with Crippen LogP contribution in [0.5, 0.6) is 11.5 Å². The van der Waals surface area contributed by atoms with Crippen molar-refractivity contribution < 1.29 is 13.6 Å². The number of hydrogen-bond donors (Lipinski definition) is 3. The van der Waals surface area contributed by atoms with Gasteiger partial charge in [-0.25, -0.2) is 9.65 Å². The molecular formula is C15H19BrN3O3PS. The first-order valence-corrected chi connectivity index (χ1v) is 9.41. The van der Waals surface area contributed by atoms with Crippen molar-refractivity contribution in [2.45, 2.75) is 0 Å². The van der Waals surface area contributed by atoms with Gasteiger partial charge in [0.05, 0.1) is 0 Å². The zero-order valence-corrected chi connectivity index (χ0v) is 16.2. The average Bonchev–Trinajstić information content (AvgIpc) is 2.53. The monoisotopic (exact) mass is 431 g/mol. The van der Waals surface area contributed by atoms with Crippen molar-refractivity contribution in [2.24, 2.45) is 5.73 Å². The SMILES string of the molecule is Br.N=C(N)SCCNP(=O)(Oc1ccccc1)Oc1ccccc1. The van der Waals surface area contributed by atoms with Crippen LogP contribution in [-0.4, -0.2) is 17.5 Å². The Balaban J connectivity index is 0.00000288. The number of benzene rings is 2. The molecule has 0 radical (unpaired) electrons. The van der Waals surface area contributed by atoms with Crippen molar-refractivity contribution in [1.29, 1.82) is 5.41 Å². The van der Waals surface area contributed by atoms with E-state index in [9.17, 15) is 4.57 Å².